The smallest absolute Gasteiger partial charge is 0.251 e. The number of amides is 1. The van der Waals surface area contributed by atoms with Crippen molar-refractivity contribution in [1.82, 2.24) is 20.5 Å². The molecule has 1 amide bonds. The lowest BCUT2D eigenvalue weighted by atomic mass is 9.94. The highest BCUT2D eigenvalue weighted by Gasteiger charge is 2.40. The maximum absolute atomic E-state index is 13.5. The number of carbonyl (C=O) groups excluding carboxylic acids is 1. The molecule has 3 N–H and O–H groups in total. The molecule has 4 atom stereocenters. The van der Waals surface area contributed by atoms with Crippen molar-refractivity contribution in [3.05, 3.63) is 78.1 Å². The Morgan fingerprint density at radius 3 is 2.46 bits per heavy atom. The molecule has 2 saturated heterocycles. The van der Waals surface area contributed by atoms with Crippen LogP contribution in [0.3, 0.4) is 0 Å². The first-order valence-electron chi connectivity index (χ1n) is 14.4. The number of aromatic amines is 1. The van der Waals surface area contributed by atoms with Gasteiger partial charge >= 0.3 is 0 Å². The van der Waals surface area contributed by atoms with Gasteiger partial charge in [0.25, 0.3) is 5.91 Å². The van der Waals surface area contributed by atoms with Gasteiger partial charge in [-0.15, -0.1) is 0 Å². The van der Waals surface area contributed by atoms with E-state index in [1.54, 1.807) is 6.20 Å². The Morgan fingerprint density at radius 1 is 0.974 bits per heavy atom. The van der Waals surface area contributed by atoms with E-state index in [1.165, 1.54) is 18.5 Å². The van der Waals surface area contributed by atoms with E-state index in [0.717, 1.165) is 66.4 Å². The average Bonchev–Trinajstić information content (AvgIpc) is 3.70. The Balaban J connectivity index is 1.14. The first-order valence-corrected chi connectivity index (χ1v) is 14.4. The quantitative estimate of drug-likeness (QED) is 0.299. The summed E-state index contributed by atoms with van der Waals surface area (Å²) in [5, 5.41) is 22.2. The molecule has 4 aromatic rings. The predicted octanol–water partition coefficient (Wildman–Crippen LogP) is 5.78. The summed E-state index contributed by atoms with van der Waals surface area (Å²) >= 11 is 0. The van der Waals surface area contributed by atoms with Crippen molar-refractivity contribution < 1.29 is 9.90 Å². The van der Waals surface area contributed by atoms with Crippen LogP contribution in [0.2, 0.25) is 0 Å². The Hall–Kier alpha value is -3.71. The van der Waals surface area contributed by atoms with Crippen LogP contribution in [0.1, 0.15) is 73.5 Å². The summed E-state index contributed by atoms with van der Waals surface area (Å²) in [4.78, 5) is 20.6. The van der Waals surface area contributed by atoms with Gasteiger partial charge in [0.2, 0.25) is 0 Å². The lowest BCUT2D eigenvalue weighted by Gasteiger charge is -2.39. The molecule has 1 saturated carbocycles. The molecule has 3 aliphatic rings. The largest absolute Gasteiger partial charge is 0.393 e. The Morgan fingerprint density at radius 2 is 1.74 bits per heavy atom. The van der Waals surface area contributed by atoms with Crippen LogP contribution in [0.15, 0.2) is 66.9 Å². The van der Waals surface area contributed by atoms with E-state index in [1.807, 2.05) is 36.4 Å². The normalized spacial score (nSPS) is 23.8. The van der Waals surface area contributed by atoms with E-state index in [-0.39, 0.29) is 18.1 Å². The van der Waals surface area contributed by atoms with Gasteiger partial charge in [-0.25, -0.2) is 0 Å². The number of aliphatic hydroxyl groups is 1. The van der Waals surface area contributed by atoms with Crippen molar-refractivity contribution >= 4 is 22.5 Å². The maximum Gasteiger partial charge on any atom is 0.251 e. The van der Waals surface area contributed by atoms with E-state index < -0.39 is 0 Å². The third kappa shape index (κ3) is 4.59. The van der Waals surface area contributed by atoms with Crippen LogP contribution in [0.5, 0.6) is 0 Å². The number of anilines is 1. The van der Waals surface area contributed by atoms with Crippen molar-refractivity contribution in [1.29, 1.82) is 0 Å². The number of nitrogens with zero attached hydrogens (tertiary/aromatic N) is 3. The van der Waals surface area contributed by atoms with Crippen molar-refractivity contribution in [3.63, 3.8) is 0 Å². The SMILES string of the molecule is O=C(NC(c1ccccn1)C1CCCC1)c1ccc2[nH]nc(-c3ccc(N4[C@@H]5CC[C@H]4C[C@@H](O)C5)cc3)c2c1. The molecule has 0 spiro atoms. The monoisotopic (exact) mass is 521 g/mol. The van der Waals surface area contributed by atoms with Crippen molar-refractivity contribution in [2.45, 2.75) is 75.6 Å². The van der Waals surface area contributed by atoms with Gasteiger partial charge in [0.1, 0.15) is 0 Å². The van der Waals surface area contributed by atoms with Crippen LogP contribution in [-0.2, 0) is 0 Å². The highest BCUT2D eigenvalue weighted by atomic mass is 16.3. The van der Waals surface area contributed by atoms with E-state index >= 15 is 0 Å². The lowest BCUT2D eigenvalue weighted by molar-refractivity contribution is 0.0920. The van der Waals surface area contributed by atoms with Gasteiger partial charge in [-0.2, -0.15) is 5.10 Å². The first-order chi connectivity index (χ1) is 19.1. The molecule has 2 aromatic heterocycles. The summed E-state index contributed by atoms with van der Waals surface area (Å²) in [5.41, 5.74) is 5.55. The zero-order chi connectivity index (χ0) is 26.3. The van der Waals surface area contributed by atoms with Crippen LogP contribution in [0.4, 0.5) is 5.69 Å². The molecule has 200 valence electrons. The number of hydrogen-bond donors (Lipinski definition) is 3. The van der Waals surface area contributed by atoms with Gasteiger partial charge < -0.3 is 15.3 Å². The minimum atomic E-state index is -0.169. The molecule has 2 bridgehead atoms. The van der Waals surface area contributed by atoms with Gasteiger partial charge in [0.05, 0.1) is 29.1 Å². The number of piperidine rings is 1. The summed E-state index contributed by atoms with van der Waals surface area (Å²) in [6.45, 7) is 0. The summed E-state index contributed by atoms with van der Waals surface area (Å²) in [6, 6.07) is 21.1. The second-order valence-electron chi connectivity index (χ2n) is 11.5. The zero-order valence-electron chi connectivity index (χ0n) is 22.1. The molecule has 1 unspecified atom stereocenters. The van der Waals surface area contributed by atoms with Crippen molar-refractivity contribution in [2.24, 2.45) is 5.92 Å². The van der Waals surface area contributed by atoms with Gasteiger partial charge in [-0.3, -0.25) is 14.9 Å². The predicted molar refractivity (Wildman–Crippen MR) is 152 cm³/mol. The molecular weight excluding hydrogens is 486 g/mol. The van der Waals surface area contributed by atoms with Crippen molar-refractivity contribution in [2.75, 3.05) is 4.90 Å². The van der Waals surface area contributed by atoms with Crippen molar-refractivity contribution in [3.8, 4) is 11.3 Å². The summed E-state index contributed by atoms with van der Waals surface area (Å²) in [6.07, 6.45) is 10.3. The molecule has 39 heavy (non-hydrogen) atoms. The second-order valence-corrected chi connectivity index (χ2v) is 11.5. The number of rotatable bonds is 6. The molecule has 7 rings (SSSR count). The minimum absolute atomic E-state index is 0.0790. The third-order valence-electron chi connectivity index (χ3n) is 9.14. The molecule has 2 aromatic carbocycles. The highest BCUT2D eigenvalue weighted by Crippen LogP contribution is 2.40. The summed E-state index contributed by atoms with van der Waals surface area (Å²) in [5.74, 6) is 0.332. The van der Waals surface area contributed by atoms with Gasteiger partial charge in [-0.1, -0.05) is 31.0 Å². The fourth-order valence-corrected chi connectivity index (χ4v) is 7.25. The number of benzene rings is 2. The number of aromatic nitrogens is 3. The fraction of sp³-hybridized carbons (Fsp3) is 0.406. The molecular formula is C32H35N5O2. The standard InChI is InChI=1S/C32H35N5O2/c38-26-18-24-13-14-25(19-26)37(24)23-11-8-21(9-12-23)30-27-17-22(10-15-28(27)35-36-30)32(39)34-31(20-5-1-2-6-20)29-7-3-4-16-33-29/h3-4,7-12,15-17,20,24-26,31,38H,1-2,5-6,13-14,18-19H2,(H,34,39)(H,35,36)/t24-,25+,26+,31?. The van der Waals surface area contributed by atoms with Gasteiger partial charge in [0.15, 0.2) is 0 Å². The van der Waals surface area contributed by atoms with E-state index in [2.05, 4.69) is 49.7 Å². The lowest BCUT2D eigenvalue weighted by Crippen LogP contribution is -2.44. The van der Waals surface area contributed by atoms with Crippen LogP contribution < -0.4 is 10.2 Å². The molecule has 2 aliphatic heterocycles. The second kappa shape index (κ2) is 10.1. The zero-order valence-corrected chi connectivity index (χ0v) is 22.1. The van der Waals surface area contributed by atoms with E-state index in [0.29, 0.717) is 23.6 Å². The van der Waals surface area contributed by atoms with Crippen LogP contribution in [-0.4, -0.2) is 44.4 Å². The first kappa shape index (κ1) is 24.3. The Labute approximate surface area is 228 Å². The number of H-pyrrole nitrogens is 1. The van der Waals surface area contributed by atoms with Crippen LogP contribution >= 0.6 is 0 Å². The molecule has 3 fully saturated rings. The highest BCUT2D eigenvalue weighted by molar-refractivity contribution is 6.01. The van der Waals surface area contributed by atoms with Gasteiger partial charge in [0, 0.05) is 40.5 Å². The Bertz CT molecular complexity index is 1450. The van der Waals surface area contributed by atoms with Gasteiger partial charge in [-0.05, 0) is 86.9 Å². The van der Waals surface area contributed by atoms with E-state index in [9.17, 15) is 9.90 Å². The molecule has 0 radical (unpaired) electrons. The van der Waals surface area contributed by atoms with Crippen LogP contribution in [0.25, 0.3) is 22.2 Å². The molecule has 4 heterocycles. The third-order valence-corrected chi connectivity index (χ3v) is 9.14. The van der Waals surface area contributed by atoms with Crippen LogP contribution in [0, 0.1) is 5.92 Å². The minimum Gasteiger partial charge on any atom is -0.393 e. The molecule has 1 aliphatic carbocycles. The Kier molecular flexibility index (Phi) is 6.31. The average molecular weight is 522 g/mol. The number of pyridine rings is 1. The number of hydrogen-bond acceptors (Lipinski definition) is 5. The number of nitrogens with one attached hydrogen (secondary N) is 2. The van der Waals surface area contributed by atoms with E-state index in [4.69, 9.17) is 0 Å². The molecule has 7 heteroatoms. The summed E-state index contributed by atoms with van der Waals surface area (Å²) < 4.78 is 0. The fourth-order valence-electron chi connectivity index (χ4n) is 7.25. The summed E-state index contributed by atoms with van der Waals surface area (Å²) in [7, 11) is 0. The maximum atomic E-state index is 13.5. The molecule has 7 nitrogen and oxygen atoms in total. The number of carbonyl (C=O) groups is 1. The number of aliphatic hydroxyl groups excluding tert-OH is 1. The topological polar surface area (TPSA) is 94.1 Å². The number of fused-ring (bicyclic) bond motifs is 3.